The van der Waals surface area contributed by atoms with Crippen molar-refractivity contribution in [2.24, 2.45) is 4.99 Å². The fourth-order valence-electron chi connectivity index (χ4n) is 2.73. The standard InChI is InChI=1S/C16H21N5O4/c1-17-15(18-5-6-21-14(22)8-19-16(21)23)20(2)9-11-3-4-12-13(7-11)25-10-24-12/h3-4,7H,5-6,8-10H2,1-2H3,(H,17,18)(H,19,23). The SMILES string of the molecule is CN=C(NCCN1C(=O)CNC1=O)N(C)Cc1ccc2c(c1)OCO2. The Kier molecular flexibility index (Phi) is 4.92. The number of benzene rings is 1. The van der Waals surface area contributed by atoms with Crippen molar-refractivity contribution in [3.05, 3.63) is 23.8 Å². The predicted octanol–water partition coefficient (Wildman–Crippen LogP) is -0.0257. The number of hydrogen-bond acceptors (Lipinski definition) is 5. The molecule has 9 heteroatoms. The topological polar surface area (TPSA) is 95.5 Å². The molecule has 134 valence electrons. The number of nitrogens with one attached hydrogen (secondary N) is 2. The third-order valence-electron chi connectivity index (χ3n) is 3.99. The lowest BCUT2D eigenvalue weighted by molar-refractivity contribution is -0.124. The van der Waals surface area contributed by atoms with Gasteiger partial charge in [0.1, 0.15) is 0 Å². The fraction of sp³-hybridized carbons (Fsp3) is 0.438. The van der Waals surface area contributed by atoms with Crippen LogP contribution < -0.4 is 20.1 Å². The van der Waals surface area contributed by atoms with Crippen LogP contribution in [0.3, 0.4) is 0 Å². The van der Waals surface area contributed by atoms with Crippen molar-refractivity contribution in [1.82, 2.24) is 20.4 Å². The monoisotopic (exact) mass is 347 g/mol. The Bertz CT molecular complexity index is 690. The molecule has 2 aliphatic rings. The van der Waals surface area contributed by atoms with Gasteiger partial charge in [0.15, 0.2) is 17.5 Å². The molecule has 25 heavy (non-hydrogen) atoms. The molecule has 0 spiro atoms. The summed E-state index contributed by atoms with van der Waals surface area (Å²) in [5.41, 5.74) is 1.06. The van der Waals surface area contributed by atoms with Crippen LogP contribution in [-0.2, 0) is 11.3 Å². The van der Waals surface area contributed by atoms with Gasteiger partial charge in [-0.2, -0.15) is 0 Å². The first-order chi connectivity index (χ1) is 12.1. The van der Waals surface area contributed by atoms with E-state index in [2.05, 4.69) is 15.6 Å². The first-order valence-corrected chi connectivity index (χ1v) is 7.97. The molecule has 3 amide bonds. The number of hydrogen-bond donors (Lipinski definition) is 2. The van der Waals surface area contributed by atoms with Gasteiger partial charge < -0.3 is 25.0 Å². The van der Waals surface area contributed by atoms with Crippen molar-refractivity contribution in [1.29, 1.82) is 0 Å². The summed E-state index contributed by atoms with van der Waals surface area (Å²) in [5, 5.41) is 5.65. The Morgan fingerprint density at radius 1 is 1.36 bits per heavy atom. The van der Waals surface area contributed by atoms with E-state index in [1.165, 1.54) is 4.90 Å². The molecule has 3 rings (SSSR count). The number of nitrogens with zero attached hydrogens (tertiary/aromatic N) is 3. The zero-order valence-corrected chi connectivity index (χ0v) is 14.2. The molecule has 0 aromatic heterocycles. The third kappa shape index (κ3) is 3.76. The summed E-state index contributed by atoms with van der Waals surface area (Å²) in [6.45, 7) is 1.66. The number of guanidine groups is 1. The van der Waals surface area contributed by atoms with Gasteiger partial charge in [-0.15, -0.1) is 0 Å². The molecule has 0 bridgehead atoms. The maximum Gasteiger partial charge on any atom is 0.324 e. The molecule has 1 fully saturated rings. The van der Waals surface area contributed by atoms with Gasteiger partial charge in [-0.1, -0.05) is 6.07 Å². The van der Waals surface area contributed by atoms with Gasteiger partial charge in [0.05, 0.1) is 6.54 Å². The number of carbonyl (C=O) groups excluding carboxylic acids is 2. The maximum atomic E-state index is 11.6. The first-order valence-electron chi connectivity index (χ1n) is 7.97. The van der Waals surface area contributed by atoms with Crippen LogP contribution in [-0.4, -0.2) is 68.2 Å². The molecule has 0 unspecified atom stereocenters. The Balaban J connectivity index is 1.52. The van der Waals surface area contributed by atoms with Crippen LogP contribution in [0.25, 0.3) is 0 Å². The van der Waals surface area contributed by atoms with E-state index in [0.29, 0.717) is 25.6 Å². The molecule has 1 aromatic rings. The second-order valence-corrected chi connectivity index (χ2v) is 5.72. The average Bonchev–Trinajstić information content (AvgIpc) is 3.18. The molecule has 2 aliphatic heterocycles. The summed E-state index contributed by atoms with van der Waals surface area (Å²) in [7, 11) is 3.60. The van der Waals surface area contributed by atoms with Gasteiger partial charge in [0, 0.05) is 33.7 Å². The molecule has 1 aromatic carbocycles. The second kappa shape index (κ2) is 7.29. The maximum absolute atomic E-state index is 11.6. The Labute approximate surface area is 145 Å². The summed E-state index contributed by atoms with van der Waals surface area (Å²) in [6, 6.07) is 5.46. The van der Waals surface area contributed by atoms with Crippen molar-refractivity contribution in [2.75, 3.05) is 40.5 Å². The number of rotatable bonds is 5. The molecular formula is C16H21N5O4. The van der Waals surface area contributed by atoms with Gasteiger partial charge in [0.2, 0.25) is 12.7 Å². The number of urea groups is 1. The van der Waals surface area contributed by atoms with Gasteiger partial charge in [0.25, 0.3) is 0 Å². The van der Waals surface area contributed by atoms with Gasteiger partial charge >= 0.3 is 6.03 Å². The van der Waals surface area contributed by atoms with Crippen LogP contribution in [0.1, 0.15) is 5.56 Å². The van der Waals surface area contributed by atoms with Gasteiger partial charge in [-0.05, 0) is 17.7 Å². The first kappa shape index (κ1) is 16.9. The van der Waals surface area contributed by atoms with E-state index in [4.69, 9.17) is 9.47 Å². The van der Waals surface area contributed by atoms with Crippen LogP contribution in [0.5, 0.6) is 11.5 Å². The Hall–Kier alpha value is -2.97. The quantitative estimate of drug-likeness (QED) is 0.441. The zero-order valence-electron chi connectivity index (χ0n) is 14.2. The van der Waals surface area contributed by atoms with Crippen molar-refractivity contribution in [3.8, 4) is 11.5 Å². The summed E-state index contributed by atoms with van der Waals surface area (Å²) in [5.74, 6) is 1.95. The molecule has 0 saturated carbocycles. The molecule has 2 N–H and O–H groups in total. The lowest BCUT2D eigenvalue weighted by Gasteiger charge is -2.23. The lowest BCUT2D eigenvalue weighted by Crippen LogP contribution is -2.43. The van der Waals surface area contributed by atoms with E-state index in [9.17, 15) is 9.59 Å². The minimum absolute atomic E-state index is 0.0670. The Morgan fingerprint density at radius 2 is 2.16 bits per heavy atom. The summed E-state index contributed by atoms with van der Waals surface area (Å²) >= 11 is 0. The third-order valence-corrected chi connectivity index (χ3v) is 3.99. The highest BCUT2D eigenvalue weighted by atomic mass is 16.7. The van der Waals surface area contributed by atoms with Crippen molar-refractivity contribution in [2.45, 2.75) is 6.54 Å². The number of amides is 3. The van der Waals surface area contributed by atoms with Crippen LogP contribution in [0.2, 0.25) is 0 Å². The van der Waals surface area contributed by atoms with Crippen molar-refractivity contribution >= 4 is 17.9 Å². The van der Waals surface area contributed by atoms with E-state index in [-0.39, 0.29) is 25.3 Å². The molecule has 1 saturated heterocycles. The summed E-state index contributed by atoms with van der Waals surface area (Å²) in [4.78, 5) is 30.4. The minimum atomic E-state index is -0.351. The fourth-order valence-corrected chi connectivity index (χ4v) is 2.73. The highest BCUT2D eigenvalue weighted by molar-refractivity contribution is 6.01. The number of ether oxygens (including phenoxy) is 2. The normalized spacial score (nSPS) is 16.2. The lowest BCUT2D eigenvalue weighted by atomic mass is 10.2. The summed E-state index contributed by atoms with van der Waals surface area (Å²) in [6.07, 6.45) is 0. The zero-order chi connectivity index (χ0) is 17.8. The van der Waals surface area contributed by atoms with E-state index in [0.717, 1.165) is 17.1 Å². The molecular weight excluding hydrogens is 326 g/mol. The molecule has 0 aliphatic carbocycles. The van der Waals surface area contributed by atoms with Crippen LogP contribution in [0.15, 0.2) is 23.2 Å². The highest BCUT2D eigenvalue weighted by Crippen LogP contribution is 2.32. The molecule has 9 nitrogen and oxygen atoms in total. The second-order valence-electron chi connectivity index (χ2n) is 5.72. The predicted molar refractivity (Wildman–Crippen MR) is 90.5 cm³/mol. The Morgan fingerprint density at radius 3 is 2.88 bits per heavy atom. The molecule has 2 heterocycles. The van der Waals surface area contributed by atoms with Gasteiger partial charge in [-0.3, -0.25) is 14.7 Å². The smallest absolute Gasteiger partial charge is 0.324 e. The number of carbonyl (C=O) groups is 2. The van der Waals surface area contributed by atoms with Crippen molar-refractivity contribution < 1.29 is 19.1 Å². The highest BCUT2D eigenvalue weighted by Gasteiger charge is 2.27. The van der Waals surface area contributed by atoms with E-state index < -0.39 is 0 Å². The van der Waals surface area contributed by atoms with Crippen LogP contribution in [0, 0.1) is 0 Å². The summed E-state index contributed by atoms with van der Waals surface area (Å²) < 4.78 is 10.7. The van der Waals surface area contributed by atoms with Crippen molar-refractivity contribution in [3.63, 3.8) is 0 Å². The number of fused-ring (bicyclic) bond motifs is 1. The van der Waals surface area contributed by atoms with E-state index in [1.54, 1.807) is 7.05 Å². The average molecular weight is 347 g/mol. The van der Waals surface area contributed by atoms with Gasteiger partial charge in [-0.25, -0.2) is 4.79 Å². The minimum Gasteiger partial charge on any atom is -0.454 e. The van der Waals surface area contributed by atoms with Crippen LogP contribution >= 0.6 is 0 Å². The van der Waals surface area contributed by atoms with E-state index >= 15 is 0 Å². The molecule has 0 radical (unpaired) electrons. The number of imide groups is 1. The largest absolute Gasteiger partial charge is 0.454 e. The van der Waals surface area contributed by atoms with E-state index in [1.807, 2.05) is 30.1 Å². The van der Waals surface area contributed by atoms with Crippen LogP contribution in [0.4, 0.5) is 4.79 Å². The molecule has 0 atom stereocenters. The number of aliphatic imine (C=N–C) groups is 1.